The van der Waals surface area contributed by atoms with Crippen LogP contribution in [0.15, 0.2) is 24.3 Å². The van der Waals surface area contributed by atoms with Crippen LogP contribution in [0.25, 0.3) is 0 Å². The van der Waals surface area contributed by atoms with Crippen LogP contribution in [0.3, 0.4) is 0 Å². The Morgan fingerprint density at radius 1 is 1.14 bits per heavy atom. The number of β-amino-alcohol motifs (C(OH)–C–C–N with tert-alkyl or cyclic N) is 1. The summed E-state index contributed by atoms with van der Waals surface area (Å²) in [4.78, 5) is 18.6. The lowest BCUT2D eigenvalue weighted by atomic mass is 10.1. The van der Waals surface area contributed by atoms with Gasteiger partial charge in [0.2, 0.25) is 0 Å². The summed E-state index contributed by atoms with van der Waals surface area (Å²) in [6.07, 6.45) is -0.344. The molecule has 0 spiro atoms. The molecule has 5 nitrogen and oxygen atoms in total. The van der Waals surface area contributed by atoms with Crippen molar-refractivity contribution in [1.82, 2.24) is 9.80 Å². The molecule has 2 saturated heterocycles. The number of carbonyl (C=O) groups excluding carboxylic acids is 1. The molecule has 1 amide bonds. The van der Waals surface area contributed by atoms with Gasteiger partial charge >= 0.3 is 0 Å². The maximum atomic E-state index is 12.1. The summed E-state index contributed by atoms with van der Waals surface area (Å²) in [7, 11) is 0. The van der Waals surface area contributed by atoms with E-state index in [0.29, 0.717) is 18.7 Å². The lowest BCUT2D eigenvalue weighted by Gasteiger charge is -2.36. The number of anilines is 1. The van der Waals surface area contributed by atoms with E-state index in [1.165, 1.54) is 5.69 Å². The van der Waals surface area contributed by atoms with Gasteiger partial charge in [-0.1, -0.05) is 6.92 Å². The second-order valence-corrected chi connectivity index (χ2v) is 5.83. The molecule has 5 heteroatoms. The van der Waals surface area contributed by atoms with Gasteiger partial charge in [-0.05, 0) is 30.8 Å². The predicted octanol–water partition coefficient (Wildman–Crippen LogP) is 0.645. The van der Waals surface area contributed by atoms with Crippen LogP contribution in [-0.4, -0.2) is 72.7 Å². The highest BCUT2D eigenvalue weighted by molar-refractivity contribution is 5.95. The van der Waals surface area contributed by atoms with Crippen molar-refractivity contribution >= 4 is 11.6 Å². The third-order valence-corrected chi connectivity index (χ3v) is 4.45. The number of aliphatic hydroxyl groups is 1. The number of rotatable bonds is 3. The zero-order valence-corrected chi connectivity index (χ0v) is 12.5. The first-order valence-corrected chi connectivity index (χ1v) is 7.72. The van der Waals surface area contributed by atoms with Crippen molar-refractivity contribution in [1.29, 1.82) is 0 Å². The largest absolute Gasteiger partial charge is 0.389 e. The summed E-state index contributed by atoms with van der Waals surface area (Å²) in [5.41, 5.74) is 1.89. The first-order valence-electron chi connectivity index (χ1n) is 7.72. The smallest absolute Gasteiger partial charge is 0.254 e. The van der Waals surface area contributed by atoms with Crippen molar-refractivity contribution in [3.8, 4) is 0 Å². The van der Waals surface area contributed by atoms with E-state index in [1.54, 1.807) is 4.90 Å². The van der Waals surface area contributed by atoms with Gasteiger partial charge in [-0.25, -0.2) is 0 Å². The summed E-state index contributed by atoms with van der Waals surface area (Å²) < 4.78 is 0. The quantitative estimate of drug-likeness (QED) is 0.887. The average molecular weight is 289 g/mol. The maximum Gasteiger partial charge on any atom is 0.254 e. The van der Waals surface area contributed by atoms with Crippen molar-refractivity contribution in [2.45, 2.75) is 13.0 Å². The van der Waals surface area contributed by atoms with Crippen LogP contribution >= 0.6 is 0 Å². The zero-order chi connectivity index (χ0) is 14.8. The fraction of sp³-hybridized carbons (Fsp3) is 0.562. The molecule has 0 bridgehead atoms. The normalized spacial score (nSPS) is 20.5. The minimum absolute atomic E-state index is 0.0163. The highest BCUT2D eigenvalue weighted by Gasteiger charge is 2.29. The summed E-state index contributed by atoms with van der Waals surface area (Å²) in [6.45, 7) is 8.51. The molecule has 3 rings (SSSR count). The molecule has 1 N–H and O–H groups in total. The monoisotopic (exact) mass is 289 g/mol. The van der Waals surface area contributed by atoms with E-state index >= 15 is 0 Å². The number of aliphatic hydroxyl groups excluding tert-OH is 1. The fourth-order valence-electron chi connectivity index (χ4n) is 2.94. The number of nitrogens with zero attached hydrogens (tertiary/aromatic N) is 3. The molecule has 0 radical (unpaired) electrons. The lowest BCUT2D eigenvalue weighted by Crippen LogP contribution is -2.53. The zero-order valence-electron chi connectivity index (χ0n) is 12.5. The van der Waals surface area contributed by atoms with Crippen LogP contribution in [0, 0.1) is 0 Å². The second-order valence-electron chi connectivity index (χ2n) is 5.83. The predicted molar refractivity (Wildman–Crippen MR) is 82.7 cm³/mol. The molecule has 0 saturated carbocycles. The van der Waals surface area contributed by atoms with Gasteiger partial charge in [-0.2, -0.15) is 0 Å². The van der Waals surface area contributed by atoms with E-state index in [4.69, 9.17) is 0 Å². The van der Waals surface area contributed by atoms with Gasteiger partial charge in [0, 0.05) is 50.5 Å². The molecule has 2 aliphatic rings. The SMILES string of the molecule is CCN1CCN(c2ccc(C(=O)N3CC(O)C3)cc2)CC1. The van der Waals surface area contributed by atoms with Crippen molar-refractivity contribution in [3.05, 3.63) is 29.8 Å². The van der Waals surface area contributed by atoms with Gasteiger partial charge < -0.3 is 19.8 Å². The topological polar surface area (TPSA) is 47.0 Å². The Labute approximate surface area is 125 Å². The van der Waals surface area contributed by atoms with Gasteiger partial charge in [-0.3, -0.25) is 4.79 Å². The Bertz CT molecular complexity index is 489. The Hall–Kier alpha value is -1.59. The van der Waals surface area contributed by atoms with Crippen LogP contribution in [0.2, 0.25) is 0 Å². The molecule has 2 heterocycles. The van der Waals surface area contributed by atoms with Crippen molar-refractivity contribution in [3.63, 3.8) is 0 Å². The Morgan fingerprint density at radius 2 is 1.76 bits per heavy atom. The molecule has 0 aromatic heterocycles. The third kappa shape index (κ3) is 3.04. The van der Waals surface area contributed by atoms with Gasteiger partial charge in [0.15, 0.2) is 0 Å². The fourth-order valence-corrected chi connectivity index (χ4v) is 2.94. The summed E-state index contributed by atoms with van der Waals surface area (Å²) >= 11 is 0. The van der Waals surface area contributed by atoms with Crippen molar-refractivity contribution < 1.29 is 9.90 Å². The number of likely N-dealkylation sites (tertiary alicyclic amines) is 1. The molecule has 0 aliphatic carbocycles. The van der Waals surface area contributed by atoms with Crippen molar-refractivity contribution in [2.24, 2.45) is 0 Å². The third-order valence-electron chi connectivity index (χ3n) is 4.45. The number of benzene rings is 1. The number of piperazine rings is 1. The van der Waals surface area contributed by atoms with E-state index < -0.39 is 0 Å². The molecular formula is C16H23N3O2. The van der Waals surface area contributed by atoms with Gasteiger partial charge in [0.25, 0.3) is 5.91 Å². The van der Waals surface area contributed by atoms with E-state index in [1.807, 2.05) is 24.3 Å². The number of hydrogen-bond donors (Lipinski definition) is 1. The molecule has 0 atom stereocenters. The molecule has 21 heavy (non-hydrogen) atoms. The van der Waals surface area contributed by atoms with E-state index in [0.717, 1.165) is 32.7 Å². The molecule has 1 aromatic carbocycles. The highest BCUT2D eigenvalue weighted by atomic mass is 16.3. The molecule has 1 aromatic rings. The standard InChI is InChI=1S/C16H23N3O2/c1-2-17-7-9-18(10-8-17)14-5-3-13(4-6-14)16(21)19-11-15(20)12-19/h3-6,15,20H,2,7-12H2,1H3. The van der Waals surface area contributed by atoms with Crippen LogP contribution in [0.1, 0.15) is 17.3 Å². The van der Waals surface area contributed by atoms with E-state index in [9.17, 15) is 9.90 Å². The van der Waals surface area contributed by atoms with Gasteiger partial charge in [0.05, 0.1) is 6.10 Å². The molecular weight excluding hydrogens is 266 g/mol. The Morgan fingerprint density at radius 3 is 2.29 bits per heavy atom. The number of carbonyl (C=O) groups is 1. The summed E-state index contributed by atoms with van der Waals surface area (Å²) in [5, 5.41) is 9.27. The summed E-state index contributed by atoms with van der Waals surface area (Å²) in [5.74, 6) is 0.0163. The first kappa shape index (κ1) is 14.4. The van der Waals surface area contributed by atoms with Crippen LogP contribution < -0.4 is 4.90 Å². The molecule has 0 unspecified atom stereocenters. The van der Waals surface area contributed by atoms with Crippen LogP contribution in [0.4, 0.5) is 5.69 Å². The van der Waals surface area contributed by atoms with Crippen LogP contribution in [0.5, 0.6) is 0 Å². The number of likely N-dealkylation sites (N-methyl/N-ethyl adjacent to an activating group) is 1. The minimum atomic E-state index is -0.344. The average Bonchev–Trinajstić information content (AvgIpc) is 2.51. The van der Waals surface area contributed by atoms with E-state index in [-0.39, 0.29) is 12.0 Å². The first-order chi connectivity index (χ1) is 10.2. The maximum absolute atomic E-state index is 12.1. The number of hydrogen-bond acceptors (Lipinski definition) is 4. The lowest BCUT2D eigenvalue weighted by molar-refractivity contribution is 0.00589. The molecule has 2 fully saturated rings. The second kappa shape index (κ2) is 6.03. The molecule has 2 aliphatic heterocycles. The van der Waals surface area contributed by atoms with Gasteiger partial charge in [0.1, 0.15) is 0 Å². The number of amides is 1. The Kier molecular flexibility index (Phi) is 4.12. The highest BCUT2D eigenvalue weighted by Crippen LogP contribution is 2.19. The Balaban J connectivity index is 1.60. The molecule has 114 valence electrons. The van der Waals surface area contributed by atoms with E-state index in [2.05, 4.69) is 16.7 Å². The summed E-state index contributed by atoms with van der Waals surface area (Å²) in [6, 6.07) is 7.86. The minimum Gasteiger partial charge on any atom is -0.389 e. The van der Waals surface area contributed by atoms with Crippen LogP contribution in [-0.2, 0) is 0 Å². The van der Waals surface area contributed by atoms with Crippen molar-refractivity contribution in [2.75, 3.05) is 50.7 Å². The van der Waals surface area contributed by atoms with Gasteiger partial charge in [-0.15, -0.1) is 0 Å².